The van der Waals surface area contributed by atoms with Gasteiger partial charge in [-0.1, -0.05) is 0 Å². The van der Waals surface area contributed by atoms with Crippen LogP contribution in [0.5, 0.6) is 0 Å². The highest BCUT2D eigenvalue weighted by Gasteiger charge is 2.31. The van der Waals surface area contributed by atoms with Crippen molar-refractivity contribution in [3.8, 4) is 0 Å². The Morgan fingerprint density at radius 1 is 1.08 bits per heavy atom. The monoisotopic (exact) mass is 188 g/mol. The van der Waals surface area contributed by atoms with E-state index >= 15 is 0 Å². The van der Waals surface area contributed by atoms with Crippen LogP contribution in [0.1, 0.15) is 41.5 Å². The molecule has 2 atom stereocenters. The fraction of sp³-hybridized carbons (Fsp3) is 1.00. The number of ether oxygens (including phenoxy) is 1. The Morgan fingerprint density at radius 3 is 1.77 bits per heavy atom. The van der Waals surface area contributed by atoms with Gasteiger partial charge in [-0.2, -0.15) is 0 Å². The van der Waals surface area contributed by atoms with Crippen molar-refractivity contribution in [1.29, 1.82) is 0 Å². The van der Waals surface area contributed by atoms with Crippen LogP contribution in [0.4, 0.5) is 0 Å². The van der Waals surface area contributed by atoms with Crippen molar-refractivity contribution in [1.82, 2.24) is 0 Å². The minimum atomic E-state index is 0.282. The molecule has 0 amide bonds. The molecule has 0 fully saturated rings. The lowest BCUT2D eigenvalue weighted by molar-refractivity contribution is -0.970. The van der Waals surface area contributed by atoms with Crippen molar-refractivity contribution in [2.24, 2.45) is 0 Å². The molecule has 0 aromatic rings. The maximum Gasteiger partial charge on any atom is 0.190 e. The Morgan fingerprint density at radius 2 is 1.54 bits per heavy atom. The first-order valence-electron chi connectivity index (χ1n) is 5.35. The largest absolute Gasteiger partial charge is 0.327 e. The maximum absolute atomic E-state index is 5.84. The molecule has 80 valence electrons. The summed E-state index contributed by atoms with van der Waals surface area (Å²) in [4.78, 5) is 0. The Bertz CT molecular complexity index is 145. The van der Waals surface area contributed by atoms with Crippen LogP contribution in [0.25, 0.3) is 0 Å². The second kappa shape index (κ2) is 4.97. The third-order valence-corrected chi connectivity index (χ3v) is 3.16. The predicted octanol–water partition coefficient (Wildman–Crippen LogP) is 2.63. The Labute approximate surface area is 83.5 Å². The molecule has 0 radical (unpaired) electrons. The Kier molecular flexibility index (Phi) is 4.93. The summed E-state index contributed by atoms with van der Waals surface area (Å²) < 4.78 is 6.82. The van der Waals surface area contributed by atoms with Crippen LogP contribution in [0.3, 0.4) is 0 Å². The standard InChI is InChI=1S/C11H26NO/c1-8-12(7,9(2)3)11(6)13-10(4)5/h9-11H,8H2,1-7H3/q+1. The maximum atomic E-state index is 5.84. The zero-order valence-electron chi connectivity index (χ0n) is 10.3. The summed E-state index contributed by atoms with van der Waals surface area (Å²) in [5, 5.41) is 0. The molecule has 0 saturated heterocycles. The van der Waals surface area contributed by atoms with Crippen molar-refractivity contribution in [2.45, 2.75) is 59.9 Å². The third kappa shape index (κ3) is 3.28. The molecule has 0 aliphatic carbocycles. The quantitative estimate of drug-likeness (QED) is 0.476. The number of hydrogen-bond acceptors (Lipinski definition) is 1. The number of rotatable bonds is 5. The summed E-state index contributed by atoms with van der Waals surface area (Å²) >= 11 is 0. The molecular weight excluding hydrogens is 162 g/mol. The van der Waals surface area contributed by atoms with E-state index in [1.165, 1.54) is 0 Å². The highest BCUT2D eigenvalue weighted by Crippen LogP contribution is 2.17. The van der Waals surface area contributed by atoms with E-state index in [1.807, 2.05) is 0 Å². The lowest BCUT2D eigenvalue weighted by Crippen LogP contribution is -2.56. The predicted molar refractivity (Wildman–Crippen MR) is 57.5 cm³/mol. The molecule has 0 aliphatic heterocycles. The first-order chi connectivity index (χ1) is 5.84. The van der Waals surface area contributed by atoms with Gasteiger partial charge in [-0.05, 0) is 34.6 Å². The molecule has 0 N–H and O–H groups in total. The van der Waals surface area contributed by atoms with Gasteiger partial charge in [0.2, 0.25) is 0 Å². The van der Waals surface area contributed by atoms with Crippen molar-refractivity contribution in [3.05, 3.63) is 0 Å². The second-order valence-electron chi connectivity index (χ2n) is 4.54. The summed E-state index contributed by atoms with van der Waals surface area (Å²) in [6.45, 7) is 14.2. The molecule has 0 bridgehead atoms. The summed E-state index contributed by atoms with van der Waals surface area (Å²) in [6, 6.07) is 0.610. The van der Waals surface area contributed by atoms with Gasteiger partial charge in [-0.3, -0.25) is 4.48 Å². The highest BCUT2D eigenvalue weighted by molar-refractivity contribution is 4.47. The zero-order chi connectivity index (χ0) is 10.6. The van der Waals surface area contributed by atoms with Gasteiger partial charge in [0.15, 0.2) is 6.23 Å². The van der Waals surface area contributed by atoms with E-state index < -0.39 is 0 Å². The molecule has 0 saturated carbocycles. The molecule has 2 nitrogen and oxygen atoms in total. The SMILES string of the molecule is CC[N+](C)(C(C)C)C(C)OC(C)C. The molecule has 0 aromatic carbocycles. The molecular formula is C11H26NO+. The average molecular weight is 188 g/mol. The lowest BCUT2D eigenvalue weighted by atomic mass is 10.2. The fourth-order valence-corrected chi connectivity index (χ4v) is 1.58. The third-order valence-electron chi connectivity index (χ3n) is 3.16. The lowest BCUT2D eigenvalue weighted by Gasteiger charge is -2.42. The second-order valence-corrected chi connectivity index (χ2v) is 4.54. The van der Waals surface area contributed by atoms with Crippen LogP contribution in [-0.2, 0) is 4.74 Å². The van der Waals surface area contributed by atoms with Crippen LogP contribution in [0.15, 0.2) is 0 Å². The molecule has 0 rings (SSSR count). The molecule has 2 unspecified atom stereocenters. The van der Waals surface area contributed by atoms with E-state index in [0.29, 0.717) is 12.1 Å². The van der Waals surface area contributed by atoms with Crippen LogP contribution in [0.2, 0.25) is 0 Å². The van der Waals surface area contributed by atoms with Gasteiger partial charge in [0.25, 0.3) is 0 Å². The van der Waals surface area contributed by atoms with Gasteiger partial charge in [0.05, 0.1) is 25.7 Å². The van der Waals surface area contributed by atoms with Crippen molar-refractivity contribution in [2.75, 3.05) is 13.6 Å². The van der Waals surface area contributed by atoms with E-state index in [4.69, 9.17) is 4.74 Å². The summed E-state index contributed by atoms with van der Waals surface area (Å²) in [5.74, 6) is 0. The molecule has 2 heteroatoms. The van der Waals surface area contributed by atoms with E-state index in [0.717, 1.165) is 11.0 Å². The van der Waals surface area contributed by atoms with Crippen molar-refractivity contribution in [3.63, 3.8) is 0 Å². The highest BCUT2D eigenvalue weighted by atomic mass is 16.5. The molecule has 0 aromatic heterocycles. The van der Waals surface area contributed by atoms with Crippen molar-refractivity contribution >= 4 is 0 Å². The zero-order valence-corrected chi connectivity index (χ0v) is 10.3. The van der Waals surface area contributed by atoms with Gasteiger partial charge in [0, 0.05) is 6.92 Å². The van der Waals surface area contributed by atoms with Crippen LogP contribution in [0, 0.1) is 0 Å². The minimum absolute atomic E-state index is 0.282. The number of hydrogen-bond donors (Lipinski definition) is 0. The number of nitrogens with zero attached hydrogens (tertiary/aromatic N) is 1. The Hall–Kier alpha value is -0.0800. The summed E-state index contributed by atoms with van der Waals surface area (Å²) in [6.07, 6.45) is 0.600. The first-order valence-corrected chi connectivity index (χ1v) is 5.35. The van der Waals surface area contributed by atoms with Gasteiger partial charge < -0.3 is 4.74 Å². The molecule has 13 heavy (non-hydrogen) atoms. The summed E-state index contributed by atoms with van der Waals surface area (Å²) in [5.41, 5.74) is 0. The van der Waals surface area contributed by atoms with E-state index in [9.17, 15) is 0 Å². The van der Waals surface area contributed by atoms with E-state index in [-0.39, 0.29) is 6.23 Å². The summed E-state index contributed by atoms with van der Waals surface area (Å²) in [7, 11) is 2.26. The van der Waals surface area contributed by atoms with Crippen LogP contribution >= 0.6 is 0 Å². The van der Waals surface area contributed by atoms with Crippen molar-refractivity contribution < 1.29 is 9.22 Å². The van der Waals surface area contributed by atoms with Gasteiger partial charge in [-0.15, -0.1) is 0 Å². The van der Waals surface area contributed by atoms with Gasteiger partial charge in [-0.25, -0.2) is 0 Å². The normalized spacial score (nSPS) is 19.2. The van der Waals surface area contributed by atoms with Gasteiger partial charge in [0.1, 0.15) is 0 Å². The van der Waals surface area contributed by atoms with E-state index in [2.05, 4.69) is 48.6 Å². The van der Waals surface area contributed by atoms with E-state index in [1.54, 1.807) is 0 Å². The minimum Gasteiger partial charge on any atom is -0.327 e. The first kappa shape index (κ1) is 12.9. The molecule has 0 aliphatic rings. The smallest absolute Gasteiger partial charge is 0.190 e. The van der Waals surface area contributed by atoms with Crippen LogP contribution < -0.4 is 0 Å². The average Bonchev–Trinajstić information content (AvgIpc) is 2.01. The van der Waals surface area contributed by atoms with Gasteiger partial charge >= 0.3 is 0 Å². The fourth-order valence-electron chi connectivity index (χ4n) is 1.58. The number of quaternary nitrogens is 1. The molecule has 0 spiro atoms. The topological polar surface area (TPSA) is 9.23 Å². The Balaban J connectivity index is 4.38. The molecule has 0 heterocycles. The van der Waals surface area contributed by atoms with Crippen LogP contribution in [-0.4, -0.2) is 36.4 Å².